The molecule has 1 aromatic carbocycles. The third-order valence-corrected chi connectivity index (χ3v) is 6.66. The molecular formula is C20H24FN5O4S. The number of aryl methyl sites for hydroxylation is 1. The zero-order chi connectivity index (χ0) is 22.9. The van der Waals surface area contributed by atoms with Crippen LogP contribution in [0, 0.1) is 19.7 Å². The second-order valence-corrected chi connectivity index (χ2v) is 9.25. The van der Waals surface area contributed by atoms with Gasteiger partial charge in [0.25, 0.3) is 0 Å². The maximum atomic E-state index is 14.1. The molecule has 11 heteroatoms. The van der Waals surface area contributed by atoms with Gasteiger partial charge in [-0.05, 0) is 32.0 Å². The van der Waals surface area contributed by atoms with Crippen molar-refractivity contribution in [3.05, 3.63) is 47.2 Å². The highest BCUT2D eigenvalue weighted by Crippen LogP contribution is 2.30. The van der Waals surface area contributed by atoms with Crippen molar-refractivity contribution in [2.75, 3.05) is 33.2 Å². The fourth-order valence-corrected chi connectivity index (χ4v) is 4.03. The van der Waals surface area contributed by atoms with Gasteiger partial charge < -0.3 is 14.2 Å². The van der Waals surface area contributed by atoms with Crippen LogP contribution in [0.4, 0.5) is 10.3 Å². The van der Waals surface area contributed by atoms with E-state index in [1.165, 1.54) is 26.3 Å². The molecule has 2 heterocycles. The Morgan fingerprint density at radius 1 is 1.19 bits per heavy atom. The zero-order valence-electron chi connectivity index (χ0n) is 18.2. The Kier molecular flexibility index (Phi) is 6.27. The van der Waals surface area contributed by atoms with E-state index in [2.05, 4.69) is 15.1 Å². The topological polar surface area (TPSA) is 102 Å². The van der Waals surface area contributed by atoms with Crippen LogP contribution in [0.3, 0.4) is 0 Å². The molecule has 3 rings (SSSR count). The molecule has 0 atom stereocenters. The van der Waals surface area contributed by atoms with Gasteiger partial charge in [-0.25, -0.2) is 22.8 Å². The molecule has 31 heavy (non-hydrogen) atoms. The Bertz CT molecular complexity index is 1210. The summed E-state index contributed by atoms with van der Waals surface area (Å²) in [6.45, 7) is 3.57. The van der Waals surface area contributed by atoms with Gasteiger partial charge in [0, 0.05) is 32.9 Å². The van der Waals surface area contributed by atoms with Crippen LogP contribution in [0.25, 0.3) is 11.3 Å². The predicted molar refractivity (Wildman–Crippen MR) is 113 cm³/mol. The molecule has 9 nitrogen and oxygen atoms in total. The second kappa shape index (κ2) is 8.60. The van der Waals surface area contributed by atoms with E-state index in [1.807, 2.05) is 13.8 Å². The number of methoxy groups -OCH3 is 1. The minimum absolute atomic E-state index is 0.0357. The number of sulfonamides is 1. The average Bonchev–Trinajstić information content (AvgIpc) is 3.06. The highest BCUT2D eigenvalue weighted by Gasteiger charge is 2.26. The maximum absolute atomic E-state index is 14.1. The molecule has 0 radical (unpaired) electrons. The normalized spacial score (nSPS) is 11.7. The zero-order valence-corrected chi connectivity index (χ0v) is 19.0. The smallest absolute Gasteiger partial charge is 0.243 e. The summed E-state index contributed by atoms with van der Waals surface area (Å²) in [7, 11) is 2.27. The number of benzene rings is 1. The van der Waals surface area contributed by atoms with E-state index < -0.39 is 15.8 Å². The van der Waals surface area contributed by atoms with Crippen LogP contribution in [0.2, 0.25) is 0 Å². The first-order valence-corrected chi connectivity index (χ1v) is 10.8. The Hall–Kier alpha value is -3.05. The molecule has 0 amide bonds. The van der Waals surface area contributed by atoms with E-state index in [1.54, 1.807) is 25.2 Å². The first-order chi connectivity index (χ1) is 14.6. The van der Waals surface area contributed by atoms with Crippen molar-refractivity contribution in [1.29, 1.82) is 0 Å². The van der Waals surface area contributed by atoms with Crippen molar-refractivity contribution in [2.45, 2.75) is 25.3 Å². The fraction of sp³-hybridized carbons (Fsp3) is 0.350. The van der Waals surface area contributed by atoms with Gasteiger partial charge in [-0.1, -0.05) is 5.16 Å². The summed E-state index contributed by atoms with van der Waals surface area (Å²) < 4.78 is 51.6. The van der Waals surface area contributed by atoms with Gasteiger partial charge in [0.15, 0.2) is 17.3 Å². The number of hydrogen-bond acceptors (Lipinski definition) is 8. The number of halogens is 1. The van der Waals surface area contributed by atoms with Crippen molar-refractivity contribution in [1.82, 2.24) is 19.4 Å². The molecule has 3 aromatic rings. The highest BCUT2D eigenvalue weighted by molar-refractivity contribution is 7.89. The summed E-state index contributed by atoms with van der Waals surface area (Å²) in [6, 6.07) is 3.50. The number of aromatic nitrogens is 3. The van der Waals surface area contributed by atoms with E-state index in [-0.39, 0.29) is 17.2 Å². The van der Waals surface area contributed by atoms with Gasteiger partial charge in [-0.15, -0.1) is 0 Å². The summed E-state index contributed by atoms with van der Waals surface area (Å²) in [5.74, 6) is 0.0851. The van der Waals surface area contributed by atoms with Crippen LogP contribution >= 0.6 is 0 Å². The molecule has 0 unspecified atom stereocenters. The van der Waals surface area contributed by atoms with E-state index in [0.717, 1.165) is 15.9 Å². The van der Waals surface area contributed by atoms with Gasteiger partial charge in [-0.2, -0.15) is 4.31 Å². The van der Waals surface area contributed by atoms with Crippen molar-refractivity contribution in [3.8, 4) is 17.1 Å². The fourth-order valence-electron chi connectivity index (χ4n) is 2.88. The van der Waals surface area contributed by atoms with Crippen molar-refractivity contribution < 1.29 is 22.1 Å². The van der Waals surface area contributed by atoms with Crippen LogP contribution < -0.4 is 9.64 Å². The molecule has 0 bridgehead atoms. The monoisotopic (exact) mass is 449 g/mol. The van der Waals surface area contributed by atoms with Crippen molar-refractivity contribution >= 4 is 16.0 Å². The van der Waals surface area contributed by atoms with Crippen LogP contribution in [0.5, 0.6) is 5.75 Å². The summed E-state index contributed by atoms with van der Waals surface area (Å²) in [5.41, 5.74) is 2.49. The van der Waals surface area contributed by atoms with Crippen molar-refractivity contribution in [3.63, 3.8) is 0 Å². The van der Waals surface area contributed by atoms with Crippen LogP contribution in [-0.4, -0.2) is 56.1 Å². The molecule has 0 saturated carbocycles. The summed E-state index contributed by atoms with van der Waals surface area (Å²) in [4.78, 5) is 10.4. The molecule has 0 aliphatic heterocycles. The van der Waals surface area contributed by atoms with Gasteiger partial charge in [0.2, 0.25) is 16.0 Å². The number of hydrogen-bond donors (Lipinski definition) is 0. The Morgan fingerprint density at radius 3 is 2.45 bits per heavy atom. The lowest BCUT2D eigenvalue weighted by Gasteiger charge is -2.20. The largest absolute Gasteiger partial charge is 0.494 e. The minimum Gasteiger partial charge on any atom is -0.494 e. The standard InChI is InChI=1S/C20H24FN5O4S/c1-12-13(2)24-30-19(12)15-10-22-20(25(3)4)23-17(15)11-26(5)31(27,28)14-7-8-18(29-6)16(21)9-14/h7-10H,11H2,1-6H3. The van der Waals surface area contributed by atoms with Gasteiger partial charge >= 0.3 is 0 Å². The average molecular weight is 450 g/mol. The lowest BCUT2D eigenvalue weighted by atomic mass is 10.1. The molecule has 0 aliphatic carbocycles. The SMILES string of the molecule is COc1ccc(S(=O)(=O)N(C)Cc2nc(N(C)C)ncc2-c2onc(C)c2C)cc1F. The van der Waals surface area contributed by atoms with Crippen LogP contribution in [0.1, 0.15) is 17.0 Å². The molecule has 0 fully saturated rings. The second-order valence-electron chi connectivity index (χ2n) is 7.20. The third-order valence-electron chi connectivity index (χ3n) is 4.86. The number of anilines is 1. The Morgan fingerprint density at radius 2 is 1.90 bits per heavy atom. The summed E-state index contributed by atoms with van der Waals surface area (Å²) in [6.07, 6.45) is 1.58. The summed E-state index contributed by atoms with van der Waals surface area (Å²) >= 11 is 0. The van der Waals surface area contributed by atoms with Gasteiger partial charge in [0.05, 0.1) is 35.5 Å². The van der Waals surface area contributed by atoms with Crippen LogP contribution in [0.15, 0.2) is 33.8 Å². The van der Waals surface area contributed by atoms with Gasteiger partial charge in [0.1, 0.15) is 0 Å². The molecular weight excluding hydrogens is 425 g/mol. The third kappa shape index (κ3) is 4.37. The first-order valence-electron chi connectivity index (χ1n) is 9.32. The van der Waals surface area contributed by atoms with E-state index >= 15 is 0 Å². The summed E-state index contributed by atoms with van der Waals surface area (Å²) in [5, 5.41) is 3.97. The quantitative estimate of drug-likeness (QED) is 0.543. The van der Waals surface area contributed by atoms with E-state index in [0.29, 0.717) is 28.7 Å². The van der Waals surface area contributed by atoms with Gasteiger partial charge in [-0.3, -0.25) is 0 Å². The molecule has 0 N–H and O–H groups in total. The Labute approximate surface area is 180 Å². The number of nitrogens with zero attached hydrogens (tertiary/aromatic N) is 5. The van der Waals surface area contributed by atoms with Crippen molar-refractivity contribution in [2.24, 2.45) is 0 Å². The molecule has 0 aliphatic rings. The van der Waals surface area contributed by atoms with Crippen LogP contribution in [-0.2, 0) is 16.6 Å². The number of ether oxygens (including phenoxy) is 1. The molecule has 166 valence electrons. The lowest BCUT2D eigenvalue weighted by molar-refractivity contribution is 0.385. The van der Waals surface area contributed by atoms with E-state index in [9.17, 15) is 12.8 Å². The minimum atomic E-state index is -4.00. The highest BCUT2D eigenvalue weighted by atomic mass is 32.2. The molecule has 0 saturated heterocycles. The predicted octanol–water partition coefficient (Wildman–Crippen LogP) is 2.78. The maximum Gasteiger partial charge on any atom is 0.243 e. The van der Waals surface area contributed by atoms with E-state index in [4.69, 9.17) is 9.26 Å². The Balaban J connectivity index is 2.03. The molecule has 2 aromatic heterocycles. The lowest BCUT2D eigenvalue weighted by Crippen LogP contribution is -2.28. The first kappa shape index (κ1) is 22.6. The molecule has 0 spiro atoms. The number of rotatable bonds is 7.